The molecule has 0 spiro atoms. The van der Waals surface area contributed by atoms with E-state index in [0.29, 0.717) is 18.7 Å². The van der Waals surface area contributed by atoms with E-state index in [2.05, 4.69) is 5.32 Å². The van der Waals surface area contributed by atoms with Crippen molar-refractivity contribution >= 4 is 11.7 Å². The second-order valence-electron chi connectivity index (χ2n) is 3.99. The summed E-state index contributed by atoms with van der Waals surface area (Å²) in [6.07, 6.45) is 0. The van der Waals surface area contributed by atoms with E-state index in [-0.39, 0.29) is 30.6 Å². The minimum atomic E-state index is -0.362. The van der Waals surface area contributed by atoms with Gasteiger partial charge in [-0.25, -0.2) is 4.39 Å². The van der Waals surface area contributed by atoms with E-state index in [1.54, 1.807) is 4.90 Å². The highest BCUT2D eigenvalue weighted by atomic mass is 19.1. The molecule has 0 radical (unpaired) electrons. The fourth-order valence-electron chi connectivity index (χ4n) is 1.76. The monoisotopic (exact) mass is 236 g/mol. The van der Waals surface area contributed by atoms with Crippen LogP contribution >= 0.6 is 0 Å². The summed E-state index contributed by atoms with van der Waals surface area (Å²) in [5.41, 5.74) is 0.470. The Morgan fingerprint density at radius 3 is 2.71 bits per heavy atom. The Hall–Kier alpha value is -1.75. The molecule has 1 aliphatic rings. The number of carbonyl (C=O) groups is 2. The molecule has 90 valence electrons. The van der Waals surface area contributed by atoms with Gasteiger partial charge < -0.3 is 5.32 Å². The molecule has 4 nitrogen and oxygen atoms in total. The van der Waals surface area contributed by atoms with Crippen LogP contribution in [0.2, 0.25) is 0 Å². The fraction of sp³-hybridized carbons (Fsp3) is 0.333. The Bertz CT molecular complexity index is 431. The zero-order valence-electron chi connectivity index (χ0n) is 9.28. The van der Waals surface area contributed by atoms with Gasteiger partial charge in [-0.3, -0.25) is 14.5 Å². The number of ketones is 1. The van der Waals surface area contributed by atoms with Gasteiger partial charge in [0.1, 0.15) is 5.82 Å². The van der Waals surface area contributed by atoms with Gasteiger partial charge in [0.05, 0.1) is 13.1 Å². The Morgan fingerprint density at radius 1 is 1.35 bits per heavy atom. The van der Waals surface area contributed by atoms with Crippen LogP contribution in [0, 0.1) is 5.82 Å². The number of piperazine rings is 1. The first-order valence-corrected chi connectivity index (χ1v) is 5.43. The van der Waals surface area contributed by atoms with Crippen molar-refractivity contribution < 1.29 is 14.0 Å². The van der Waals surface area contributed by atoms with Crippen molar-refractivity contribution in [1.29, 1.82) is 0 Å². The quantitative estimate of drug-likeness (QED) is 0.775. The molecule has 1 fully saturated rings. The van der Waals surface area contributed by atoms with Crippen LogP contribution < -0.4 is 5.32 Å². The molecule has 1 N–H and O–H groups in total. The zero-order valence-corrected chi connectivity index (χ0v) is 9.28. The Balaban J connectivity index is 1.96. The molecule has 1 heterocycles. The van der Waals surface area contributed by atoms with Gasteiger partial charge in [-0.05, 0) is 24.3 Å². The van der Waals surface area contributed by atoms with E-state index >= 15 is 0 Å². The lowest BCUT2D eigenvalue weighted by Gasteiger charge is -2.25. The number of carbonyl (C=O) groups excluding carboxylic acids is 2. The maximum absolute atomic E-state index is 12.7. The third-order valence-corrected chi connectivity index (χ3v) is 2.65. The minimum absolute atomic E-state index is 0.0665. The van der Waals surface area contributed by atoms with E-state index in [1.807, 2.05) is 0 Å². The fourth-order valence-corrected chi connectivity index (χ4v) is 1.76. The molecule has 2 rings (SSSR count). The second-order valence-corrected chi connectivity index (χ2v) is 3.99. The molecule has 0 unspecified atom stereocenters. The van der Waals surface area contributed by atoms with Crippen molar-refractivity contribution in [3.8, 4) is 0 Å². The molecular weight excluding hydrogens is 223 g/mol. The maximum Gasteiger partial charge on any atom is 0.234 e. The summed E-state index contributed by atoms with van der Waals surface area (Å²) in [5.74, 6) is -0.526. The molecular formula is C12H13FN2O2. The number of halogens is 1. The summed E-state index contributed by atoms with van der Waals surface area (Å²) in [7, 11) is 0. The van der Waals surface area contributed by atoms with Crippen LogP contribution in [0.4, 0.5) is 4.39 Å². The smallest absolute Gasteiger partial charge is 0.234 e. The summed E-state index contributed by atoms with van der Waals surface area (Å²) < 4.78 is 12.7. The van der Waals surface area contributed by atoms with Gasteiger partial charge in [-0.15, -0.1) is 0 Å². The lowest BCUT2D eigenvalue weighted by molar-refractivity contribution is -0.123. The van der Waals surface area contributed by atoms with Crippen molar-refractivity contribution in [2.24, 2.45) is 0 Å². The molecule has 0 saturated carbocycles. The standard InChI is InChI=1S/C12H13FN2O2/c13-10-3-1-9(2-4-10)11(16)7-15-6-5-14-12(17)8-15/h1-4H,5-8H2,(H,14,17). The van der Waals surface area contributed by atoms with Crippen LogP contribution in [0.5, 0.6) is 0 Å². The van der Waals surface area contributed by atoms with Gasteiger partial charge in [-0.1, -0.05) is 0 Å². The van der Waals surface area contributed by atoms with E-state index in [1.165, 1.54) is 24.3 Å². The topological polar surface area (TPSA) is 49.4 Å². The Morgan fingerprint density at radius 2 is 2.06 bits per heavy atom. The van der Waals surface area contributed by atoms with Gasteiger partial charge >= 0.3 is 0 Å². The van der Waals surface area contributed by atoms with Gasteiger partial charge in [0.25, 0.3) is 0 Å². The van der Waals surface area contributed by atoms with Gasteiger partial charge in [-0.2, -0.15) is 0 Å². The lowest BCUT2D eigenvalue weighted by atomic mass is 10.1. The molecule has 0 aromatic heterocycles. The first kappa shape index (κ1) is 11.7. The zero-order chi connectivity index (χ0) is 12.3. The molecule has 1 aromatic rings. The van der Waals surface area contributed by atoms with Gasteiger partial charge in [0.15, 0.2) is 5.78 Å². The summed E-state index contributed by atoms with van der Waals surface area (Å²) >= 11 is 0. The number of hydrogen-bond acceptors (Lipinski definition) is 3. The highest BCUT2D eigenvalue weighted by molar-refractivity contribution is 5.97. The lowest BCUT2D eigenvalue weighted by Crippen LogP contribution is -2.49. The second kappa shape index (κ2) is 5.05. The largest absolute Gasteiger partial charge is 0.354 e. The summed E-state index contributed by atoms with van der Waals surface area (Å²) in [4.78, 5) is 24.7. The number of rotatable bonds is 3. The summed E-state index contributed by atoms with van der Waals surface area (Å²) in [6.45, 7) is 1.67. The highest BCUT2D eigenvalue weighted by Gasteiger charge is 2.19. The number of amides is 1. The Labute approximate surface area is 98.4 Å². The third-order valence-electron chi connectivity index (χ3n) is 2.65. The molecule has 0 aliphatic carbocycles. The molecule has 1 amide bonds. The minimum Gasteiger partial charge on any atom is -0.354 e. The van der Waals surface area contributed by atoms with E-state index in [4.69, 9.17) is 0 Å². The van der Waals surface area contributed by atoms with Gasteiger partial charge in [0, 0.05) is 18.7 Å². The van der Waals surface area contributed by atoms with Crippen molar-refractivity contribution in [1.82, 2.24) is 10.2 Å². The van der Waals surface area contributed by atoms with E-state index < -0.39 is 0 Å². The molecule has 5 heteroatoms. The van der Waals surface area contributed by atoms with E-state index in [9.17, 15) is 14.0 Å². The summed E-state index contributed by atoms with van der Waals surface area (Å²) in [6, 6.07) is 5.44. The van der Waals surface area contributed by atoms with Crippen molar-refractivity contribution in [3.05, 3.63) is 35.6 Å². The molecule has 1 saturated heterocycles. The first-order valence-electron chi connectivity index (χ1n) is 5.43. The molecule has 1 aliphatic heterocycles. The predicted octanol–water partition coefficient (Wildman–Crippen LogP) is 0.440. The number of benzene rings is 1. The number of Topliss-reactive ketones (excluding diaryl/α,β-unsaturated/α-hetero) is 1. The van der Waals surface area contributed by atoms with Crippen LogP contribution in [-0.4, -0.2) is 42.8 Å². The van der Waals surface area contributed by atoms with Gasteiger partial charge in [0.2, 0.25) is 5.91 Å². The average Bonchev–Trinajstić information content (AvgIpc) is 2.29. The number of nitrogens with one attached hydrogen (secondary N) is 1. The molecule has 17 heavy (non-hydrogen) atoms. The van der Waals surface area contributed by atoms with E-state index in [0.717, 1.165) is 0 Å². The summed E-state index contributed by atoms with van der Waals surface area (Å²) in [5, 5.41) is 2.69. The Kier molecular flexibility index (Phi) is 3.49. The molecule has 0 bridgehead atoms. The van der Waals surface area contributed by atoms with Crippen molar-refractivity contribution in [2.45, 2.75) is 0 Å². The first-order chi connectivity index (χ1) is 8.15. The predicted molar refractivity (Wildman–Crippen MR) is 60.2 cm³/mol. The normalized spacial score (nSPS) is 16.6. The van der Waals surface area contributed by atoms with Crippen molar-refractivity contribution in [2.75, 3.05) is 26.2 Å². The van der Waals surface area contributed by atoms with Crippen LogP contribution in [0.25, 0.3) is 0 Å². The maximum atomic E-state index is 12.7. The third kappa shape index (κ3) is 3.10. The van der Waals surface area contributed by atoms with Crippen molar-refractivity contribution in [3.63, 3.8) is 0 Å². The molecule has 1 aromatic carbocycles. The average molecular weight is 236 g/mol. The van der Waals surface area contributed by atoms with Crippen LogP contribution in [0.1, 0.15) is 10.4 Å². The molecule has 0 atom stereocenters. The van der Waals surface area contributed by atoms with Crippen LogP contribution in [0.15, 0.2) is 24.3 Å². The van der Waals surface area contributed by atoms with Crippen LogP contribution in [-0.2, 0) is 4.79 Å². The number of hydrogen-bond donors (Lipinski definition) is 1. The number of nitrogens with zero attached hydrogens (tertiary/aromatic N) is 1. The van der Waals surface area contributed by atoms with Crippen LogP contribution in [0.3, 0.4) is 0 Å². The SMILES string of the molecule is O=C1CN(CC(=O)c2ccc(F)cc2)CCN1. The highest BCUT2D eigenvalue weighted by Crippen LogP contribution is 2.05.